The third-order valence-corrected chi connectivity index (χ3v) is 3.12. The molecule has 1 aliphatic heterocycles. The maximum absolute atomic E-state index is 12.0. The molecule has 6 nitrogen and oxygen atoms in total. The van der Waals surface area contributed by atoms with E-state index in [4.69, 9.17) is 0 Å². The number of aromatic nitrogens is 2. The summed E-state index contributed by atoms with van der Waals surface area (Å²) in [5.41, 5.74) is 1.07. The number of carbonyl (C=O) groups excluding carboxylic acids is 2. The standard InChI is InChI=1S/C12H18N4O2/c1-3-10-12(18)16(8-11(17)14-10)5-4-9-6-13-15(2)7-9/h6-7,10H,3-5,8H2,1-2H3,(H,14,17). The Labute approximate surface area is 106 Å². The van der Waals surface area contributed by atoms with Crippen molar-refractivity contribution in [3.63, 3.8) is 0 Å². The fourth-order valence-electron chi connectivity index (χ4n) is 2.10. The molecule has 98 valence electrons. The molecule has 0 spiro atoms. The zero-order valence-corrected chi connectivity index (χ0v) is 10.7. The van der Waals surface area contributed by atoms with E-state index in [1.165, 1.54) is 0 Å². The van der Waals surface area contributed by atoms with Crippen LogP contribution in [0.4, 0.5) is 0 Å². The molecule has 1 unspecified atom stereocenters. The number of amides is 2. The molecule has 1 aliphatic rings. The molecule has 2 heterocycles. The molecule has 1 saturated heterocycles. The molecule has 0 saturated carbocycles. The number of piperazine rings is 1. The summed E-state index contributed by atoms with van der Waals surface area (Å²) >= 11 is 0. The van der Waals surface area contributed by atoms with Gasteiger partial charge in [-0.05, 0) is 18.4 Å². The van der Waals surface area contributed by atoms with Crippen molar-refractivity contribution in [1.82, 2.24) is 20.0 Å². The molecule has 2 rings (SSSR count). The van der Waals surface area contributed by atoms with Crippen LogP contribution in [0.15, 0.2) is 12.4 Å². The van der Waals surface area contributed by atoms with Gasteiger partial charge in [0, 0.05) is 19.8 Å². The molecule has 18 heavy (non-hydrogen) atoms. The molecule has 0 bridgehead atoms. The minimum absolute atomic E-state index is 0.0148. The summed E-state index contributed by atoms with van der Waals surface area (Å²) in [6.07, 6.45) is 5.06. The normalized spacial score (nSPS) is 20.1. The SMILES string of the molecule is CCC1NC(=O)CN(CCc2cnn(C)c2)C1=O. The Hall–Kier alpha value is -1.85. The van der Waals surface area contributed by atoms with Gasteiger partial charge in [-0.25, -0.2) is 0 Å². The van der Waals surface area contributed by atoms with Crippen LogP contribution in [0.5, 0.6) is 0 Å². The largest absolute Gasteiger partial charge is 0.343 e. The van der Waals surface area contributed by atoms with E-state index < -0.39 is 0 Å². The topological polar surface area (TPSA) is 67.2 Å². The van der Waals surface area contributed by atoms with E-state index in [9.17, 15) is 9.59 Å². The van der Waals surface area contributed by atoms with Crippen molar-refractivity contribution in [2.75, 3.05) is 13.1 Å². The minimum atomic E-state index is -0.361. The third-order valence-electron chi connectivity index (χ3n) is 3.12. The summed E-state index contributed by atoms with van der Waals surface area (Å²) in [7, 11) is 1.86. The summed E-state index contributed by atoms with van der Waals surface area (Å²) in [5.74, 6) is -0.0615. The van der Waals surface area contributed by atoms with E-state index in [2.05, 4.69) is 10.4 Å². The Bertz CT molecular complexity index is 455. The lowest BCUT2D eigenvalue weighted by Gasteiger charge is -2.31. The van der Waals surface area contributed by atoms with Crippen LogP contribution < -0.4 is 5.32 Å². The van der Waals surface area contributed by atoms with Crippen molar-refractivity contribution >= 4 is 11.8 Å². The Morgan fingerprint density at radius 2 is 2.28 bits per heavy atom. The molecule has 1 aromatic rings. The van der Waals surface area contributed by atoms with Crippen LogP contribution in [0.25, 0.3) is 0 Å². The van der Waals surface area contributed by atoms with Gasteiger partial charge >= 0.3 is 0 Å². The number of nitrogens with zero attached hydrogens (tertiary/aromatic N) is 3. The van der Waals surface area contributed by atoms with Crippen LogP contribution >= 0.6 is 0 Å². The summed E-state index contributed by atoms with van der Waals surface area (Å²) < 4.78 is 1.73. The molecule has 6 heteroatoms. The maximum atomic E-state index is 12.0. The molecule has 1 atom stereocenters. The number of carbonyl (C=O) groups is 2. The van der Waals surface area contributed by atoms with E-state index >= 15 is 0 Å². The summed E-state index contributed by atoms with van der Waals surface area (Å²) in [6, 6.07) is -0.361. The maximum Gasteiger partial charge on any atom is 0.245 e. The highest BCUT2D eigenvalue weighted by molar-refractivity contribution is 5.94. The van der Waals surface area contributed by atoms with E-state index in [0.29, 0.717) is 13.0 Å². The quantitative estimate of drug-likeness (QED) is 0.797. The van der Waals surface area contributed by atoms with E-state index in [-0.39, 0.29) is 24.4 Å². The zero-order chi connectivity index (χ0) is 13.1. The van der Waals surface area contributed by atoms with Crippen molar-refractivity contribution in [3.05, 3.63) is 18.0 Å². The Morgan fingerprint density at radius 1 is 1.50 bits per heavy atom. The smallest absolute Gasteiger partial charge is 0.245 e. The van der Waals surface area contributed by atoms with Crippen LogP contribution in [-0.2, 0) is 23.1 Å². The summed E-state index contributed by atoms with van der Waals surface area (Å²) in [4.78, 5) is 25.1. The molecular weight excluding hydrogens is 232 g/mol. The minimum Gasteiger partial charge on any atom is -0.343 e. The first-order valence-electron chi connectivity index (χ1n) is 6.16. The predicted molar refractivity (Wildman–Crippen MR) is 65.7 cm³/mol. The van der Waals surface area contributed by atoms with Gasteiger partial charge in [-0.3, -0.25) is 14.3 Å². The molecule has 1 fully saturated rings. The fraction of sp³-hybridized carbons (Fsp3) is 0.583. The second-order valence-corrected chi connectivity index (χ2v) is 4.56. The number of hydrogen-bond donors (Lipinski definition) is 1. The van der Waals surface area contributed by atoms with Crippen molar-refractivity contribution in [1.29, 1.82) is 0 Å². The molecule has 0 aliphatic carbocycles. The molecule has 0 aromatic carbocycles. The van der Waals surface area contributed by atoms with Gasteiger partial charge in [-0.15, -0.1) is 0 Å². The molecule has 0 radical (unpaired) electrons. The van der Waals surface area contributed by atoms with Gasteiger partial charge in [0.15, 0.2) is 0 Å². The van der Waals surface area contributed by atoms with E-state index in [1.807, 2.05) is 20.2 Å². The van der Waals surface area contributed by atoms with Crippen LogP contribution in [0.3, 0.4) is 0 Å². The first-order valence-corrected chi connectivity index (χ1v) is 6.16. The van der Waals surface area contributed by atoms with Gasteiger partial charge in [-0.2, -0.15) is 5.10 Å². The van der Waals surface area contributed by atoms with Crippen LogP contribution in [0, 0.1) is 0 Å². The third kappa shape index (κ3) is 2.69. The van der Waals surface area contributed by atoms with Gasteiger partial charge in [-0.1, -0.05) is 6.92 Å². The second kappa shape index (κ2) is 5.20. The lowest BCUT2D eigenvalue weighted by atomic mass is 10.1. The van der Waals surface area contributed by atoms with Crippen LogP contribution in [0.2, 0.25) is 0 Å². The van der Waals surface area contributed by atoms with Crippen molar-refractivity contribution in [2.24, 2.45) is 7.05 Å². The summed E-state index contributed by atoms with van der Waals surface area (Å²) in [5, 5.41) is 6.78. The second-order valence-electron chi connectivity index (χ2n) is 4.56. The van der Waals surface area contributed by atoms with Crippen molar-refractivity contribution in [2.45, 2.75) is 25.8 Å². The monoisotopic (exact) mass is 250 g/mol. The highest BCUT2D eigenvalue weighted by atomic mass is 16.2. The average Bonchev–Trinajstić information content (AvgIpc) is 2.75. The highest BCUT2D eigenvalue weighted by Crippen LogP contribution is 2.07. The average molecular weight is 250 g/mol. The summed E-state index contributed by atoms with van der Waals surface area (Å²) in [6.45, 7) is 2.62. The molecule has 1 aromatic heterocycles. The molecule has 2 amide bonds. The highest BCUT2D eigenvalue weighted by Gasteiger charge is 2.30. The zero-order valence-electron chi connectivity index (χ0n) is 10.7. The molecular formula is C12H18N4O2. The van der Waals surface area contributed by atoms with Crippen molar-refractivity contribution in [3.8, 4) is 0 Å². The Morgan fingerprint density at radius 3 is 2.89 bits per heavy atom. The van der Waals surface area contributed by atoms with Gasteiger partial charge in [0.2, 0.25) is 11.8 Å². The number of nitrogens with one attached hydrogen (secondary N) is 1. The lowest BCUT2D eigenvalue weighted by Crippen LogP contribution is -2.58. The Kier molecular flexibility index (Phi) is 3.64. The van der Waals surface area contributed by atoms with Gasteiger partial charge < -0.3 is 10.2 Å². The van der Waals surface area contributed by atoms with Crippen LogP contribution in [-0.4, -0.2) is 45.6 Å². The Balaban J connectivity index is 1.95. The fourth-order valence-corrected chi connectivity index (χ4v) is 2.10. The van der Waals surface area contributed by atoms with Gasteiger partial charge in [0.25, 0.3) is 0 Å². The van der Waals surface area contributed by atoms with E-state index in [0.717, 1.165) is 12.0 Å². The van der Waals surface area contributed by atoms with Gasteiger partial charge in [0.1, 0.15) is 6.04 Å². The van der Waals surface area contributed by atoms with E-state index in [1.54, 1.807) is 15.8 Å². The number of hydrogen-bond acceptors (Lipinski definition) is 3. The first kappa shape index (κ1) is 12.6. The number of aryl methyl sites for hydroxylation is 1. The lowest BCUT2D eigenvalue weighted by molar-refractivity contribution is -0.144. The van der Waals surface area contributed by atoms with Crippen molar-refractivity contribution < 1.29 is 9.59 Å². The number of rotatable bonds is 4. The van der Waals surface area contributed by atoms with Crippen LogP contribution in [0.1, 0.15) is 18.9 Å². The van der Waals surface area contributed by atoms with Gasteiger partial charge in [0.05, 0.1) is 12.7 Å². The first-order chi connectivity index (χ1) is 8.60. The molecule has 1 N–H and O–H groups in total. The predicted octanol–water partition coefficient (Wildman–Crippen LogP) is -0.300.